The number of hydrogen-bond acceptors (Lipinski definition) is 1. The Kier molecular flexibility index (Phi) is 6.96. The maximum Gasteiger partial charge on any atom is 0.0645 e. The van der Waals surface area contributed by atoms with Gasteiger partial charge in [-0.05, 0) is 136 Å². The molecule has 274 valence electrons. The molecule has 0 spiro atoms. The summed E-state index contributed by atoms with van der Waals surface area (Å²) in [7, 11) is 0. The Morgan fingerprint density at radius 1 is 0.345 bits per heavy atom. The molecule has 1 nitrogen and oxygen atoms in total. The van der Waals surface area contributed by atoms with Gasteiger partial charge in [-0.3, -0.25) is 0 Å². The molecule has 0 aromatic heterocycles. The summed E-state index contributed by atoms with van der Waals surface area (Å²) in [6, 6.07) is 64.4. The fourth-order valence-electron chi connectivity index (χ4n) is 9.12. The van der Waals surface area contributed by atoms with Crippen LogP contribution in [-0.2, 0) is 5.41 Å². The van der Waals surface area contributed by atoms with Crippen molar-refractivity contribution in [1.29, 1.82) is 0 Å². The zero-order valence-corrected chi connectivity index (χ0v) is 32.3. The molecule has 0 fully saturated rings. The fraction of sp³-hybridized carbons (Fsp3) is 0.0526. The molecule has 0 bridgehead atoms. The Balaban J connectivity index is 1.05. The minimum Gasteiger partial charge on any atom is -0.310 e. The second-order valence-electron chi connectivity index (χ2n) is 15.8. The van der Waals surface area contributed by atoms with Gasteiger partial charge < -0.3 is 4.90 Å². The van der Waals surface area contributed by atoms with E-state index < -0.39 is 0 Å². The third-order valence-corrected chi connectivity index (χ3v) is 12.1. The molecule has 0 unspecified atom stereocenters. The smallest absolute Gasteiger partial charge is 0.0645 e. The van der Waals surface area contributed by atoms with Crippen molar-refractivity contribution in [3.63, 3.8) is 0 Å². The van der Waals surface area contributed by atoms with Gasteiger partial charge in [0, 0.05) is 22.5 Å². The van der Waals surface area contributed by atoms with Crippen LogP contribution in [0.3, 0.4) is 0 Å². The summed E-state index contributed by atoms with van der Waals surface area (Å²) in [6.07, 6.45) is 0. The van der Waals surface area contributed by atoms with E-state index in [0.29, 0.717) is 5.56 Å². The third kappa shape index (κ3) is 5.62. The Labute approximate surface area is 345 Å². The fourth-order valence-corrected chi connectivity index (χ4v) is 9.12. The van der Waals surface area contributed by atoms with Crippen molar-refractivity contribution < 1.29 is 5.48 Å². The molecule has 10 aromatic rings. The van der Waals surface area contributed by atoms with Gasteiger partial charge in [-0.25, -0.2) is 0 Å². The zero-order valence-electron chi connectivity index (χ0n) is 36.3. The molecule has 0 aliphatic heterocycles. The summed E-state index contributed by atoms with van der Waals surface area (Å²) in [5.74, 6) is 0. The first kappa shape index (κ1) is 30.0. The highest BCUT2D eigenvalue weighted by atomic mass is 15.1. The monoisotopic (exact) mass is 743 g/mol. The van der Waals surface area contributed by atoms with Crippen molar-refractivity contribution in [2.45, 2.75) is 19.3 Å². The standard InChI is InChI=1S/C57H41N/c1-57(2)55-20-8-7-18-53(55)54-34-32-48(37-56(54)57)58(47-30-25-39(26-31-47)43-27-33-52-45(36-43)22-21-41-12-4-6-17-50(41)52)46-28-23-38(24-29-46)42-14-9-15-44(35-42)51-19-10-13-40-11-3-5-16-49(40)51/h3-37H,1-2H3/i23D,24D,28D,29D. The minimum absolute atomic E-state index is 0.0877. The highest BCUT2D eigenvalue weighted by Crippen LogP contribution is 2.50. The third-order valence-electron chi connectivity index (χ3n) is 12.1. The summed E-state index contributed by atoms with van der Waals surface area (Å²) in [4.78, 5) is 1.91. The van der Waals surface area contributed by atoms with E-state index in [0.717, 1.165) is 55.5 Å². The van der Waals surface area contributed by atoms with Crippen molar-refractivity contribution in [3.8, 4) is 44.5 Å². The van der Waals surface area contributed by atoms with Crippen LogP contribution in [0, 0.1) is 0 Å². The van der Waals surface area contributed by atoms with E-state index in [-0.39, 0.29) is 40.8 Å². The molecule has 0 heterocycles. The number of hydrogen-bond donors (Lipinski definition) is 0. The number of rotatable bonds is 6. The van der Waals surface area contributed by atoms with E-state index in [2.05, 4.69) is 141 Å². The van der Waals surface area contributed by atoms with Crippen molar-refractivity contribution in [2.75, 3.05) is 4.90 Å². The first-order valence-electron chi connectivity index (χ1n) is 21.9. The van der Waals surface area contributed by atoms with Crippen LogP contribution in [0.15, 0.2) is 212 Å². The summed E-state index contributed by atoms with van der Waals surface area (Å²) >= 11 is 0. The number of anilines is 3. The maximum absolute atomic E-state index is 9.69. The largest absolute Gasteiger partial charge is 0.310 e. The Hall–Kier alpha value is -7.22. The molecule has 58 heavy (non-hydrogen) atoms. The summed E-state index contributed by atoms with van der Waals surface area (Å²) < 4.78 is 38.5. The van der Waals surface area contributed by atoms with Crippen molar-refractivity contribution >= 4 is 49.4 Å². The second kappa shape index (κ2) is 13.5. The van der Waals surface area contributed by atoms with Crippen LogP contribution in [0.4, 0.5) is 17.1 Å². The average molecular weight is 744 g/mol. The van der Waals surface area contributed by atoms with E-state index in [4.69, 9.17) is 0 Å². The molecule has 11 rings (SSSR count). The van der Waals surface area contributed by atoms with Gasteiger partial charge in [0.25, 0.3) is 0 Å². The lowest BCUT2D eigenvalue weighted by Crippen LogP contribution is -2.16. The van der Waals surface area contributed by atoms with Crippen LogP contribution in [0.25, 0.3) is 76.8 Å². The van der Waals surface area contributed by atoms with E-state index in [9.17, 15) is 5.48 Å². The number of nitrogens with zero attached hydrogens (tertiary/aromatic N) is 1. The molecule has 10 aromatic carbocycles. The molecule has 0 saturated carbocycles. The van der Waals surface area contributed by atoms with Gasteiger partial charge in [-0.15, -0.1) is 0 Å². The molecule has 1 aliphatic rings. The number of fused-ring (bicyclic) bond motifs is 7. The van der Waals surface area contributed by atoms with E-state index in [1.165, 1.54) is 32.7 Å². The summed E-state index contributed by atoms with van der Waals surface area (Å²) in [5.41, 5.74) is 11.2. The van der Waals surface area contributed by atoms with Crippen LogP contribution in [0.2, 0.25) is 0 Å². The van der Waals surface area contributed by atoms with Gasteiger partial charge in [0.1, 0.15) is 0 Å². The first-order valence-corrected chi connectivity index (χ1v) is 19.9. The lowest BCUT2D eigenvalue weighted by atomic mass is 9.82. The summed E-state index contributed by atoms with van der Waals surface area (Å²) in [6.45, 7) is 4.48. The van der Waals surface area contributed by atoms with Crippen LogP contribution in [0.5, 0.6) is 0 Å². The zero-order chi connectivity index (χ0) is 42.3. The van der Waals surface area contributed by atoms with Crippen molar-refractivity contribution in [3.05, 3.63) is 223 Å². The van der Waals surface area contributed by atoms with Gasteiger partial charge in [-0.1, -0.05) is 178 Å². The lowest BCUT2D eigenvalue weighted by Gasteiger charge is -2.28. The second-order valence-corrected chi connectivity index (χ2v) is 15.8. The Morgan fingerprint density at radius 3 is 1.78 bits per heavy atom. The molecular weight excluding hydrogens is 699 g/mol. The van der Waals surface area contributed by atoms with Crippen LogP contribution in [-0.4, -0.2) is 0 Å². The van der Waals surface area contributed by atoms with Gasteiger partial charge >= 0.3 is 0 Å². The van der Waals surface area contributed by atoms with Crippen LogP contribution >= 0.6 is 0 Å². The molecule has 0 N–H and O–H groups in total. The topological polar surface area (TPSA) is 3.24 Å². The number of benzene rings is 10. The van der Waals surface area contributed by atoms with Crippen molar-refractivity contribution in [1.82, 2.24) is 0 Å². The Bertz CT molecular complexity index is 3410. The SMILES string of the molecule is [2H]c1c([2H])c(N(c2ccc(-c3ccc4c(ccc5ccccc54)c3)cc2)c2ccc3c(c2)C(C)(C)c2ccccc2-3)c([2H])c([2H])c1-c1cccc(-c2cccc3ccccc23)c1. The Morgan fingerprint density at radius 2 is 0.931 bits per heavy atom. The molecule has 1 aliphatic carbocycles. The van der Waals surface area contributed by atoms with Gasteiger partial charge in [0.2, 0.25) is 0 Å². The molecule has 0 saturated heterocycles. The van der Waals surface area contributed by atoms with E-state index in [1.54, 1.807) is 0 Å². The van der Waals surface area contributed by atoms with Crippen molar-refractivity contribution in [2.24, 2.45) is 0 Å². The maximum atomic E-state index is 9.69. The van der Waals surface area contributed by atoms with Crippen LogP contribution < -0.4 is 4.90 Å². The van der Waals surface area contributed by atoms with E-state index in [1.807, 2.05) is 65.6 Å². The highest BCUT2D eigenvalue weighted by molar-refractivity contribution is 6.08. The van der Waals surface area contributed by atoms with E-state index >= 15 is 0 Å². The average Bonchev–Trinajstić information content (AvgIpc) is 3.54. The van der Waals surface area contributed by atoms with Gasteiger partial charge in [-0.2, -0.15) is 0 Å². The summed E-state index contributed by atoms with van der Waals surface area (Å²) in [5, 5.41) is 7.06. The molecule has 0 radical (unpaired) electrons. The molecule has 0 atom stereocenters. The highest BCUT2D eigenvalue weighted by Gasteiger charge is 2.35. The van der Waals surface area contributed by atoms with Gasteiger partial charge in [0.05, 0.1) is 5.48 Å². The minimum atomic E-state index is -0.285. The molecule has 1 heteroatoms. The quantitative estimate of drug-likeness (QED) is 0.153. The molecule has 0 amide bonds. The predicted octanol–water partition coefficient (Wildman–Crippen LogP) is 15.9. The predicted molar refractivity (Wildman–Crippen MR) is 248 cm³/mol. The molecular formula is C57H41N. The van der Waals surface area contributed by atoms with Gasteiger partial charge in [0.15, 0.2) is 0 Å². The normalized spacial score (nSPS) is 13.8. The van der Waals surface area contributed by atoms with Crippen LogP contribution in [0.1, 0.15) is 30.5 Å². The first-order chi connectivity index (χ1) is 30.2. The lowest BCUT2D eigenvalue weighted by molar-refractivity contribution is 0.660.